The Kier molecular flexibility index (Phi) is 7.07. The molecule has 0 aliphatic heterocycles. The summed E-state index contributed by atoms with van der Waals surface area (Å²) in [5, 5.41) is 8.96. The van der Waals surface area contributed by atoms with Gasteiger partial charge >= 0.3 is 24.4 Å². The van der Waals surface area contributed by atoms with Gasteiger partial charge in [-0.1, -0.05) is 0 Å². The fourth-order valence-corrected chi connectivity index (χ4v) is 1.18. The van der Waals surface area contributed by atoms with E-state index in [1.807, 2.05) is 0 Å². The number of aliphatic carboxylic acids is 1. The Morgan fingerprint density at radius 3 is 2.09 bits per heavy atom. The lowest BCUT2D eigenvalue weighted by molar-refractivity contribution is -0.172. The molecule has 0 heterocycles. The number of likely N-dealkylation sites (N-methyl/N-ethyl adjacent to an activating group) is 1. The number of carbonyl (C=O) groups excluding carboxylic acids is 1. The van der Waals surface area contributed by atoms with Crippen molar-refractivity contribution in [2.45, 2.75) is 44.8 Å². The molecule has 6 nitrogen and oxygen atoms in total. The third kappa shape index (κ3) is 6.92. The van der Waals surface area contributed by atoms with Crippen molar-refractivity contribution in [1.29, 1.82) is 0 Å². The summed E-state index contributed by atoms with van der Waals surface area (Å²) < 4.78 is 58.4. The number of ether oxygens (including phenoxy) is 2. The Hall–Kier alpha value is -1.58. The molecule has 0 aliphatic rings. The quantitative estimate of drug-likeness (QED) is 0.723. The molecule has 0 spiro atoms. The SMILES string of the molecule is CN(C(=O)OC(C)(C)C)[C@@H](COCC(F)(F)C(F)F)C(=O)O. The Balaban J connectivity index is 4.68. The largest absolute Gasteiger partial charge is 0.480 e. The zero-order valence-electron chi connectivity index (χ0n) is 12.6. The molecule has 1 atom stereocenters. The van der Waals surface area contributed by atoms with Gasteiger partial charge in [0.15, 0.2) is 6.04 Å². The van der Waals surface area contributed by atoms with Gasteiger partial charge < -0.3 is 14.6 Å². The van der Waals surface area contributed by atoms with E-state index in [1.165, 1.54) is 0 Å². The highest BCUT2D eigenvalue weighted by Gasteiger charge is 2.41. The lowest BCUT2D eigenvalue weighted by atomic mass is 10.2. The average Bonchev–Trinajstić information content (AvgIpc) is 2.30. The van der Waals surface area contributed by atoms with Crippen molar-refractivity contribution in [2.24, 2.45) is 0 Å². The van der Waals surface area contributed by atoms with Crippen molar-refractivity contribution in [1.82, 2.24) is 4.90 Å². The van der Waals surface area contributed by atoms with Crippen LogP contribution in [0.1, 0.15) is 20.8 Å². The molecule has 130 valence electrons. The van der Waals surface area contributed by atoms with E-state index in [4.69, 9.17) is 9.84 Å². The Morgan fingerprint density at radius 1 is 1.23 bits per heavy atom. The Bertz CT molecular complexity index is 397. The van der Waals surface area contributed by atoms with Crippen LogP contribution in [0, 0.1) is 0 Å². The van der Waals surface area contributed by atoms with E-state index in [9.17, 15) is 27.2 Å². The van der Waals surface area contributed by atoms with Crippen molar-refractivity contribution in [2.75, 3.05) is 20.3 Å². The van der Waals surface area contributed by atoms with Gasteiger partial charge in [-0.3, -0.25) is 4.90 Å². The second kappa shape index (κ2) is 7.61. The van der Waals surface area contributed by atoms with Crippen LogP contribution in [0.3, 0.4) is 0 Å². The van der Waals surface area contributed by atoms with E-state index in [-0.39, 0.29) is 0 Å². The number of carbonyl (C=O) groups is 2. The summed E-state index contributed by atoms with van der Waals surface area (Å²) in [5.74, 6) is -5.94. The fourth-order valence-electron chi connectivity index (χ4n) is 1.18. The first-order valence-electron chi connectivity index (χ1n) is 6.20. The minimum absolute atomic E-state index is 0.633. The maximum Gasteiger partial charge on any atom is 0.410 e. The van der Waals surface area contributed by atoms with Crippen LogP contribution < -0.4 is 0 Å². The first-order valence-corrected chi connectivity index (χ1v) is 6.20. The summed E-state index contributed by atoms with van der Waals surface area (Å²) in [5.41, 5.74) is -0.891. The first kappa shape index (κ1) is 20.4. The number of carboxylic acids is 1. The van der Waals surface area contributed by atoms with Crippen LogP contribution in [0.15, 0.2) is 0 Å². The first-order chi connectivity index (χ1) is 9.78. The summed E-state index contributed by atoms with van der Waals surface area (Å²) >= 11 is 0. The predicted molar refractivity (Wildman–Crippen MR) is 67.2 cm³/mol. The summed E-state index contributed by atoms with van der Waals surface area (Å²) in [6.45, 7) is 2.11. The molecule has 0 saturated carbocycles. The zero-order chi connectivity index (χ0) is 17.7. The van der Waals surface area contributed by atoms with Crippen LogP contribution in [0.5, 0.6) is 0 Å². The summed E-state index contributed by atoms with van der Waals surface area (Å²) in [4.78, 5) is 23.4. The molecule has 0 aromatic rings. The molecule has 0 fully saturated rings. The predicted octanol–water partition coefficient (Wildman–Crippen LogP) is 2.22. The summed E-state index contributed by atoms with van der Waals surface area (Å²) in [6, 6.07) is -1.65. The molecular formula is C12H19F4NO5. The van der Waals surface area contributed by atoms with E-state index >= 15 is 0 Å². The van der Waals surface area contributed by atoms with Crippen LogP contribution in [0.2, 0.25) is 0 Å². The van der Waals surface area contributed by atoms with Crippen LogP contribution in [0.4, 0.5) is 22.4 Å². The van der Waals surface area contributed by atoms with Gasteiger partial charge in [-0.25, -0.2) is 18.4 Å². The molecule has 0 aromatic carbocycles. The lowest BCUT2D eigenvalue weighted by Gasteiger charge is -2.28. The molecule has 0 rings (SSSR count). The van der Waals surface area contributed by atoms with E-state index in [0.717, 1.165) is 7.05 Å². The molecule has 0 radical (unpaired) electrons. The molecule has 0 bridgehead atoms. The summed E-state index contributed by atoms with van der Waals surface area (Å²) in [6.07, 6.45) is -4.94. The molecule has 0 aromatic heterocycles. The second-order valence-corrected chi connectivity index (χ2v) is 5.52. The van der Waals surface area contributed by atoms with Gasteiger partial charge in [-0.05, 0) is 20.8 Å². The molecule has 1 N–H and O–H groups in total. The van der Waals surface area contributed by atoms with Gasteiger partial charge in [0.05, 0.1) is 6.61 Å². The van der Waals surface area contributed by atoms with Crippen molar-refractivity contribution in [3.63, 3.8) is 0 Å². The van der Waals surface area contributed by atoms with E-state index in [2.05, 4.69) is 4.74 Å². The van der Waals surface area contributed by atoms with E-state index in [0.29, 0.717) is 4.90 Å². The maximum atomic E-state index is 12.7. The average molecular weight is 333 g/mol. The van der Waals surface area contributed by atoms with Gasteiger partial charge in [-0.15, -0.1) is 0 Å². The van der Waals surface area contributed by atoms with Crippen LogP contribution >= 0.6 is 0 Å². The Labute approximate surface area is 125 Å². The minimum Gasteiger partial charge on any atom is -0.480 e. The highest BCUT2D eigenvalue weighted by Crippen LogP contribution is 2.23. The zero-order valence-corrected chi connectivity index (χ0v) is 12.6. The van der Waals surface area contributed by atoms with Gasteiger partial charge in [0.1, 0.15) is 12.2 Å². The number of hydrogen-bond donors (Lipinski definition) is 1. The monoisotopic (exact) mass is 333 g/mol. The smallest absolute Gasteiger partial charge is 0.410 e. The maximum absolute atomic E-state index is 12.7. The number of alkyl halides is 4. The third-order valence-corrected chi connectivity index (χ3v) is 2.32. The Morgan fingerprint density at radius 2 is 1.73 bits per heavy atom. The van der Waals surface area contributed by atoms with Crippen LogP contribution in [0.25, 0.3) is 0 Å². The highest BCUT2D eigenvalue weighted by molar-refractivity contribution is 5.80. The normalized spacial score (nSPS) is 13.9. The number of nitrogens with zero attached hydrogens (tertiary/aromatic N) is 1. The van der Waals surface area contributed by atoms with Crippen molar-refractivity contribution in [3.05, 3.63) is 0 Å². The molecular weight excluding hydrogens is 314 g/mol. The lowest BCUT2D eigenvalue weighted by Crippen LogP contribution is -2.48. The number of amides is 1. The molecule has 0 aliphatic carbocycles. The van der Waals surface area contributed by atoms with Crippen molar-refractivity contribution < 1.29 is 41.7 Å². The number of halogens is 4. The summed E-state index contributed by atoms with van der Waals surface area (Å²) in [7, 11) is 1.07. The van der Waals surface area contributed by atoms with Gasteiger partial charge in [0.25, 0.3) is 0 Å². The number of hydrogen-bond acceptors (Lipinski definition) is 4. The molecule has 1 amide bonds. The second-order valence-electron chi connectivity index (χ2n) is 5.52. The van der Waals surface area contributed by atoms with Crippen LogP contribution in [-0.4, -0.2) is 66.3 Å². The molecule has 22 heavy (non-hydrogen) atoms. The van der Waals surface area contributed by atoms with E-state index < -0.39 is 49.3 Å². The highest BCUT2D eigenvalue weighted by atomic mass is 19.3. The molecule has 10 heteroatoms. The van der Waals surface area contributed by atoms with Gasteiger partial charge in [0.2, 0.25) is 0 Å². The van der Waals surface area contributed by atoms with Crippen LogP contribution in [-0.2, 0) is 14.3 Å². The minimum atomic E-state index is -4.40. The van der Waals surface area contributed by atoms with Gasteiger partial charge in [-0.2, -0.15) is 8.78 Å². The molecule has 0 saturated heterocycles. The standard InChI is InChI=1S/C12H19F4NO5/c1-11(2,3)22-10(20)17(4)7(8(18)19)5-21-6-12(15,16)9(13)14/h7,9H,5-6H2,1-4H3,(H,18,19)/t7-/m0/s1. The topological polar surface area (TPSA) is 76.1 Å². The van der Waals surface area contributed by atoms with Crippen molar-refractivity contribution >= 4 is 12.1 Å². The third-order valence-electron chi connectivity index (χ3n) is 2.32. The van der Waals surface area contributed by atoms with Crippen molar-refractivity contribution in [3.8, 4) is 0 Å². The fraction of sp³-hybridized carbons (Fsp3) is 0.833. The molecule has 0 unspecified atom stereocenters. The number of carboxylic acid groups (broad SMARTS) is 1. The number of rotatable bonds is 7. The van der Waals surface area contributed by atoms with E-state index in [1.54, 1.807) is 20.8 Å². The van der Waals surface area contributed by atoms with Gasteiger partial charge in [0, 0.05) is 7.05 Å².